The Morgan fingerprint density at radius 1 is 0.322 bits per heavy atom. The van der Waals surface area contributed by atoms with Gasteiger partial charge in [0.2, 0.25) is 0 Å². The second-order valence-electron chi connectivity index (χ2n) is 17.3. The molecule has 4 nitrogen and oxygen atoms in total. The highest BCUT2D eigenvalue weighted by Gasteiger charge is 2.36. The van der Waals surface area contributed by atoms with Crippen LogP contribution < -0.4 is 13.6 Å². The molecule has 0 aliphatic heterocycles. The smallest absolute Gasteiger partial charge is 0.386 e. The van der Waals surface area contributed by atoms with E-state index < -0.39 is 7.82 Å². The highest BCUT2D eigenvalue weighted by Crippen LogP contribution is 2.53. The molecule has 0 aliphatic rings. The fraction of sp³-hybridized carbons (Fsp3) is 0.667. The third kappa shape index (κ3) is 19.3. The largest absolute Gasteiger partial charge is 0.647 e. The number of phosphoric ester groups is 1. The molecule has 332 valence electrons. The van der Waals surface area contributed by atoms with E-state index >= 15 is 4.57 Å². The zero-order chi connectivity index (χ0) is 42.4. The van der Waals surface area contributed by atoms with Gasteiger partial charge in [-0.1, -0.05) is 194 Å². The van der Waals surface area contributed by atoms with Crippen molar-refractivity contribution in [3.8, 4) is 17.2 Å². The van der Waals surface area contributed by atoms with Gasteiger partial charge in [-0.05, 0) is 129 Å². The Balaban J connectivity index is 2.17. The van der Waals surface area contributed by atoms with Crippen LogP contribution in [0.2, 0.25) is 0 Å². The van der Waals surface area contributed by atoms with Crippen molar-refractivity contribution in [3.63, 3.8) is 0 Å². The van der Waals surface area contributed by atoms with E-state index in [1.54, 1.807) is 0 Å². The summed E-state index contributed by atoms with van der Waals surface area (Å²) < 4.78 is 36.5. The average Bonchev–Trinajstić information content (AvgIpc) is 3.23. The van der Waals surface area contributed by atoms with E-state index in [1.165, 1.54) is 149 Å². The van der Waals surface area contributed by atoms with Gasteiger partial charge in [0.1, 0.15) is 17.2 Å². The van der Waals surface area contributed by atoms with Gasteiger partial charge in [0.05, 0.1) is 0 Å². The van der Waals surface area contributed by atoms with Gasteiger partial charge in [0.25, 0.3) is 0 Å². The van der Waals surface area contributed by atoms with Gasteiger partial charge in [0.15, 0.2) is 0 Å². The van der Waals surface area contributed by atoms with Crippen LogP contribution in [0, 0.1) is 0 Å². The van der Waals surface area contributed by atoms with E-state index in [-0.39, 0.29) is 0 Å². The van der Waals surface area contributed by atoms with Crippen LogP contribution in [0.1, 0.15) is 229 Å². The molecule has 0 aromatic heterocycles. The number of unbranched alkanes of at least 4 members (excludes halogenated alkanes) is 18. The van der Waals surface area contributed by atoms with E-state index in [9.17, 15) is 0 Å². The summed E-state index contributed by atoms with van der Waals surface area (Å²) in [4.78, 5) is 0. The number of phosphoric acid groups is 1. The van der Waals surface area contributed by atoms with Crippen molar-refractivity contribution in [1.82, 2.24) is 0 Å². The number of rotatable bonds is 36. The fourth-order valence-corrected chi connectivity index (χ4v) is 9.82. The average molecular weight is 831 g/mol. The molecule has 0 fully saturated rings. The molecule has 0 aliphatic carbocycles. The lowest BCUT2D eigenvalue weighted by atomic mass is 9.96. The van der Waals surface area contributed by atoms with Crippen LogP contribution in [-0.2, 0) is 43.1 Å². The molecule has 0 heterocycles. The second-order valence-corrected chi connectivity index (χ2v) is 18.7. The Kier molecular flexibility index (Phi) is 26.8. The molecule has 3 rings (SSSR count). The first-order chi connectivity index (χ1) is 28.9. The Morgan fingerprint density at radius 2 is 0.559 bits per heavy atom. The maximum atomic E-state index is 15.9. The normalized spacial score (nSPS) is 11.6. The summed E-state index contributed by atoms with van der Waals surface area (Å²) in [5.74, 6) is 1.95. The summed E-state index contributed by atoms with van der Waals surface area (Å²) in [6.45, 7) is 13.6. The summed E-state index contributed by atoms with van der Waals surface area (Å²) in [6, 6.07) is 19.0. The number of benzene rings is 3. The van der Waals surface area contributed by atoms with Crippen LogP contribution in [0.3, 0.4) is 0 Å². The highest BCUT2D eigenvalue weighted by molar-refractivity contribution is 7.49. The third-order valence-electron chi connectivity index (χ3n) is 12.1. The fourth-order valence-electron chi connectivity index (χ4n) is 8.47. The number of aryl methyl sites for hydroxylation is 3. The molecule has 0 saturated carbocycles. The summed E-state index contributed by atoms with van der Waals surface area (Å²) in [5.41, 5.74) is 7.42. The van der Waals surface area contributed by atoms with Crippen molar-refractivity contribution < 1.29 is 18.1 Å². The molecule has 59 heavy (non-hydrogen) atoms. The molecule has 0 radical (unpaired) electrons. The van der Waals surface area contributed by atoms with Crippen LogP contribution in [-0.4, -0.2) is 0 Å². The molecule has 0 spiro atoms. The van der Waals surface area contributed by atoms with E-state index in [1.807, 2.05) is 18.2 Å². The van der Waals surface area contributed by atoms with Gasteiger partial charge in [0, 0.05) is 0 Å². The number of hydrogen-bond donors (Lipinski definition) is 0. The predicted octanol–water partition coefficient (Wildman–Crippen LogP) is 18.1. The van der Waals surface area contributed by atoms with Crippen molar-refractivity contribution in [2.24, 2.45) is 0 Å². The van der Waals surface area contributed by atoms with Crippen LogP contribution in [0.15, 0.2) is 54.6 Å². The summed E-state index contributed by atoms with van der Waals surface area (Å²) >= 11 is 0. The van der Waals surface area contributed by atoms with Gasteiger partial charge in [-0.25, -0.2) is 0 Å². The van der Waals surface area contributed by atoms with Gasteiger partial charge >= 0.3 is 7.82 Å². The van der Waals surface area contributed by atoms with Crippen molar-refractivity contribution in [2.45, 2.75) is 234 Å². The zero-order valence-corrected chi connectivity index (χ0v) is 39.9. The maximum Gasteiger partial charge on any atom is 0.647 e. The van der Waals surface area contributed by atoms with E-state index in [4.69, 9.17) is 13.6 Å². The van der Waals surface area contributed by atoms with Gasteiger partial charge in [-0.3, -0.25) is 0 Å². The molecule has 5 heteroatoms. The van der Waals surface area contributed by atoms with E-state index in [0.717, 1.165) is 77.0 Å². The molecular weight excluding hydrogens is 744 g/mol. The lowest BCUT2D eigenvalue weighted by Crippen LogP contribution is -2.12. The Hall–Kier alpha value is -2.71. The van der Waals surface area contributed by atoms with Crippen molar-refractivity contribution in [1.29, 1.82) is 0 Å². The van der Waals surface area contributed by atoms with Crippen molar-refractivity contribution in [2.75, 3.05) is 0 Å². The van der Waals surface area contributed by atoms with Gasteiger partial charge in [-0.15, -0.1) is 0 Å². The zero-order valence-electron chi connectivity index (χ0n) is 39.0. The standard InChI is InChI=1S/C54H87O4P/c1-7-13-19-25-34-46-37-31-43-52(49(46)40-28-22-16-10-4)56-59(55,57-53-44-32-38-47(35-26-20-14-8-2)50(53)41-29-23-17-11-5)58-54-45-33-39-48(36-27-21-15-9-3)51(54)42-30-24-18-12-6/h31-33,37-39,43-45H,7-30,34-36,40-42H2,1-6H3. The lowest BCUT2D eigenvalue weighted by Gasteiger charge is -2.25. The van der Waals surface area contributed by atoms with Crippen molar-refractivity contribution in [3.05, 3.63) is 88.0 Å². The van der Waals surface area contributed by atoms with E-state index in [0.29, 0.717) is 17.2 Å². The molecular formula is C54H87O4P. The van der Waals surface area contributed by atoms with Crippen LogP contribution in [0.5, 0.6) is 17.2 Å². The monoisotopic (exact) mass is 831 g/mol. The summed E-state index contributed by atoms with van der Waals surface area (Å²) in [6.07, 6.45) is 34.1. The minimum absolute atomic E-state index is 0.651. The van der Waals surface area contributed by atoms with Crippen LogP contribution in [0.25, 0.3) is 0 Å². The lowest BCUT2D eigenvalue weighted by molar-refractivity contribution is 0.294. The van der Waals surface area contributed by atoms with Crippen LogP contribution >= 0.6 is 7.82 Å². The third-order valence-corrected chi connectivity index (χ3v) is 13.3. The summed E-state index contributed by atoms with van der Waals surface area (Å²) in [7, 11) is -4.27. The second kappa shape index (κ2) is 31.2. The first-order valence-electron chi connectivity index (χ1n) is 24.9. The minimum atomic E-state index is -4.27. The van der Waals surface area contributed by atoms with Gasteiger partial charge < -0.3 is 13.6 Å². The first-order valence-corrected chi connectivity index (χ1v) is 26.4. The Morgan fingerprint density at radius 3 is 0.797 bits per heavy atom. The van der Waals surface area contributed by atoms with Gasteiger partial charge in [-0.2, -0.15) is 4.57 Å². The molecule has 0 unspecified atom stereocenters. The number of hydrogen-bond acceptors (Lipinski definition) is 4. The molecule has 0 N–H and O–H groups in total. The Bertz CT molecular complexity index is 1400. The molecule has 0 atom stereocenters. The first kappa shape index (κ1) is 50.6. The molecule has 0 saturated heterocycles. The molecule has 3 aromatic rings. The summed E-state index contributed by atoms with van der Waals surface area (Å²) in [5, 5.41) is 0. The molecule has 0 bridgehead atoms. The Labute approximate surface area is 364 Å². The predicted molar refractivity (Wildman–Crippen MR) is 256 cm³/mol. The minimum Gasteiger partial charge on any atom is -0.386 e. The maximum absolute atomic E-state index is 15.9. The SMILES string of the molecule is CCCCCCc1cccc(OP(=O)(Oc2cccc(CCCCCC)c2CCCCCC)Oc2cccc(CCCCCC)c2CCCCCC)c1CCCCCC. The molecule has 0 amide bonds. The topological polar surface area (TPSA) is 44.8 Å². The van der Waals surface area contributed by atoms with Crippen LogP contribution in [0.4, 0.5) is 0 Å². The quantitative estimate of drug-likeness (QED) is 0.0432. The molecule has 3 aromatic carbocycles. The highest BCUT2D eigenvalue weighted by atomic mass is 31.2. The van der Waals surface area contributed by atoms with Crippen molar-refractivity contribution >= 4 is 7.82 Å². The van der Waals surface area contributed by atoms with E-state index in [2.05, 4.69) is 77.9 Å².